The van der Waals surface area contributed by atoms with Crippen molar-refractivity contribution < 1.29 is 29.0 Å². The lowest BCUT2D eigenvalue weighted by Crippen LogP contribution is -2.58. The highest BCUT2D eigenvalue weighted by atomic mass is 16.6. The van der Waals surface area contributed by atoms with E-state index in [-0.39, 0.29) is 31.1 Å². The van der Waals surface area contributed by atoms with E-state index in [2.05, 4.69) is 13.2 Å². The Morgan fingerprint density at radius 2 is 1.95 bits per heavy atom. The monoisotopic (exact) mass is 510 g/mol. The number of esters is 1. The molecule has 3 aliphatic rings. The van der Waals surface area contributed by atoms with Crippen molar-refractivity contribution in [1.82, 2.24) is 9.80 Å². The molecule has 1 aromatic rings. The fraction of sp³-hybridized carbons (Fsp3) is 0.552. The van der Waals surface area contributed by atoms with Gasteiger partial charge in [0.1, 0.15) is 17.6 Å². The number of ether oxygens (including phenoxy) is 2. The van der Waals surface area contributed by atoms with Gasteiger partial charge in [0.15, 0.2) is 0 Å². The van der Waals surface area contributed by atoms with Gasteiger partial charge in [0.25, 0.3) is 0 Å². The predicted octanol–water partition coefficient (Wildman–Crippen LogP) is 3.03. The smallest absolute Gasteiger partial charge is 0.312 e. The summed E-state index contributed by atoms with van der Waals surface area (Å²) >= 11 is 0. The molecule has 0 aliphatic carbocycles. The van der Waals surface area contributed by atoms with E-state index in [0.29, 0.717) is 31.4 Å². The van der Waals surface area contributed by atoms with E-state index in [9.17, 15) is 19.5 Å². The van der Waals surface area contributed by atoms with E-state index in [4.69, 9.17) is 9.47 Å². The van der Waals surface area contributed by atoms with Gasteiger partial charge < -0.3 is 24.4 Å². The molecule has 2 unspecified atom stereocenters. The van der Waals surface area contributed by atoms with Crippen molar-refractivity contribution in [3.8, 4) is 0 Å². The summed E-state index contributed by atoms with van der Waals surface area (Å²) in [6.07, 6.45) is 4.79. The molecule has 3 aliphatic heterocycles. The molecule has 1 aromatic carbocycles. The molecular weight excluding hydrogens is 472 g/mol. The molecule has 0 aromatic heterocycles. The standard InChI is InChI=1S/C29H38N2O6/c1-6-8-17-36-27(35)23-22-25(33)31(21(18-32)20-12-10-9-11-13-20)24(26(34)30(16-7-2)19(3)4)29(22)15-14-28(23,5)37-29/h6-7,9-13,19,21-24,32H,1-2,8,14-18H2,3-5H3/t21-,22+,23+,24?,28-,29?/m1/s1. The van der Waals surface area contributed by atoms with Gasteiger partial charge in [0, 0.05) is 12.6 Å². The maximum Gasteiger partial charge on any atom is 0.312 e. The van der Waals surface area contributed by atoms with Gasteiger partial charge in [-0.25, -0.2) is 0 Å². The van der Waals surface area contributed by atoms with E-state index in [1.165, 1.54) is 4.90 Å². The van der Waals surface area contributed by atoms with Crippen molar-refractivity contribution in [2.24, 2.45) is 11.8 Å². The first-order valence-electron chi connectivity index (χ1n) is 13.0. The molecule has 0 radical (unpaired) electrons. The number of aliphatic hydroxyl groups excluding tert-OH is 1. The van der Waals surface area contributed by atoms with Gasteiger partial charge in [-0.3, -0.25) is 14.4 Å². The van der Waals surface area contributed by atoms with Gasteiger partial charge in [-0.2, -0.15) is 0 Å². The van der Waals surface area contributed by atoms with Crippen LogP contribution in [0.1, 0.15) is 51.6 Å². The number of benzene rings is 1. The van der Waals surface area contributed by atoms with Crippen LogP contribution in [-0.2, 0) is 23.9 Å². The Morgan fingerprint density at radius 1 is 1.24 bits per heavy atom. The molecule has 6 atom stereocenters. The number of nitrogens with zero attached hydrogens (tertiary/aromatic N) is 2. The van der Waals surface area contributed by atoms with Gasteiger partial charge in [0.05, 0.1) is 30.8 Å². The summed E-state index contributed by atoms with van der Waals surface area (Å²) in [6, 6.07) is 7.23. The van der Waals surface area contributed by atoms with E-state index >= 15 is 0 Å². The van der Waals surface area contributed by atoms with Crippen LogP contribution in [0.2, 0.25) is 0 Å². The highest BCUT2D eigenvalue weighted by molar-refractivity contribution is 5.99. The second kappa shape index (κ2) is 10.4. The number of rotatable bonds is 11. The SMILES string of the molecule is C=CCCOC(=O)[C@@H]1[C@H]2C(=O)N([C@H](CO)c3ccccc3)C(C(=O)N(CC=C)C(C)C)C23CC[C@@]1(C)O3. The van der Waals surface area contributed by atoms with Crippen LogP contribution in [0.15, 0.2) is 55.6 Å². The van der Waals surface area contributed by atoms with Crippen LogP contribution < -0.4 is 0 Å². The zero-order valence-corrected chi connectivity index (χ0v) is 22.0. The normalized spacial score (nSPS) is 30.8. The van der Waals surface area contributed by atoms with Crippen LogP contribution in [-0.4, -0.2) is 75.7 Å². The predicted molar refractivity (Wildman–Crippen MR) is 138 cm³/mol. The Morgan fingerprint density at radius 3 is 2.54 bits per heavy atom. The number of hydrogen-bond donors (Lipinski definition) is 1. The Hall–Kier alpha value is -2.97. The Labute approximate surface area is 218 Å². The average molecular weight is 511 g/mol. The van der Waals surface area contributed by atoms with E-state index in [1.807, 2.05) is 51.1 Å². The minimum absolute atomic E-state index is 0.156. The number of hydrogen-bond acceptors (Lipinski definition) is 6. The lowest BCUT2D eigenvalue weighted by Gasteiger charge is -2.40. The van der Waals surface area contributed by atoms with Crippen LogP contribution in [0.4, 0.5) is 0 Å². The second-order valence-electron chi connectivity index (χ2n) is 10.7. The minimum atomic E-state index is -1.19. The van der Waals surface area contributed by atoms with Gasteiger partial charge in [-0.05, 0) is 45.6 Å². The first kappa shape index (κ1) is 27.1. The van der Waals surface area contributed by atoms with E-state index < -0.39 is 41.1 Å². The Balaban J connectivity index is 1.83. The topological polar surface area (TPSA) is 96.4 Å². The molecule has 1 N–H and O–H groups in total. The van der Waals surface area contributed by atoms with Gasteiger partial charge >= 0.3 is 5.97 Å². The summed E-state index contributed by atoms with van der Waals surface area (Å²) in [6.45, 7) is 13.2. The summed E-state index contributed by atoms with van der Waals surface area (Å²) in [7, 11) is 0. The maximum absolute atomic E-state index is 14.3. The molecule has 37 heavy (non-hydrogen) atoms. The fourth-order valence-electron chi connectivity index (χ4n) is 6.55. The van der Waals surface area contributed by atoms with Crippen LogP contribution in [0.5, 0.6) is 0 Å². The molecule has 8 heteroatoms. The number of fused-ring (bicyclic) bond motifs is 1. The van der Waals surface area contributed by atoms with Crippen molar-refractivity contribution in [2.75, 3.05) is 19.8 Å². The molecule has 0 saturated carbocycles. The maximum atomic E-state index is 14.3. The number of carbonyl (C=O) groups is 3. The highest BCUT2D eigenvalue weighted by Crippen LogP contribution is 2.64. The fourth-order valence-corrected chi connectivity index (χ4v) is 6.55. The van der Waals surface area contributed by atoms with Crippen LogP contribution >= 0.6 is 0 Å². The van der Waals surface area contributed by atoms with Gasteiger partial charge in [-0.1, -0.05) is 42.5 Å². The molecule has 200 valence electrons. The third kappa shape index (κ3) is 4.30. The van der Waals surface area contributed by atoms with Crippen LogP contribution in [0.25, 0.3) is 0 Å². The summed E-state index contributed by atoms with van der Waals surface area (Å²) < 4.78 is 12.2. The quantitative estimate of drug-likeness (QED) is 0.279. The zero-order chi connectivity index (χ0) is 27.0. The van der Waals surface area contributed by atoms with Crippen molar-refractivity contribution in [3.05, 3.63) is 61.2 Å². The third-order valence-corrected chi connectivity index (χ3v) is 8.19. The largest absolute Gasteiger partial charge is 0.465 e. The van der Waals surface area contributed by atoms with Crippen molar-refractivity contribution in [3.63, 3.8) is 0 Å². The van der Waals surface area contributed by atoms with E-state index in [0.717, 1.165) is 0 Å². The van der Waals surface area contributed by atoms with Crippen LogP contribution in [0, 0.1) is 11.8 Å². The first-order valence-corrected chi connectivity index (χ1v) is 13.0. The average Bonchev–Trinajstić information content (AvgIpc) is 3.44. The van der Waals surface area contributed by atoms with Gasteiger partial charge in [0.2, 0.25) is 11.8 Å². The third-order valence-electron chi connectivity index (χ3n) is 8.19. The zero-order valence-electron chi connectivity index (χ0n) is 22.0. The summed E-state index contributed by atoms with van der Waals surface area (Å²) in [4.78, 5) is 45.1. The molecule has 3 fully saturated rings. The lowest BCUT2D eigenvalue weighted by molar-refractivity contribution is -0.162. The molecule has 3 heterocycles. The second-order valence-corrected chi connectivity index (χ2v) is 10.7. The molecule has 3 saturated heterocycles. The van der Waals surface area contributed by atoms with Crippen LogP contribution in [0.3, 0.4) is 0 Å². The number of carbonyl (C=O) groups excluding carboxylic acids is 3. The number of aliphatic hydroxyl groups is 1. The molecule has 2 amide bonds. The van der Waals surface area contributed by atoms with Gasteiger partial charge in [-0.15, -0.1) is 13.2 Å². The first-order chi connectivity index (χ1) is 17.7. The van der Waals surface area contributed by atoms with Crippen molar-refractivity contribution in [1.29, 1.82) is 0 Å². The molecule has 4 rings (SSSR count). The number of amides is 2. The Bertz CT molecular complexity index is 1060. The summed E-state index contributed by atoms with van der Waals surface area (Å²) in [5.41, 5.74) is -1.40. The van der Waals surface area contributed by atoms with Crippen molar-refractivity contribution >= 4 is 17.8 Å². The highest BCUT2D eigenvalue weighted by Gasteiger charge is 2.79. The minimum Gasteiger partial charge on any atom is -0.465 e. The summed E-state index contributed by atoms with van der Waals surface area (Å²) in [5, 5.41) is 10.5. The molecular formula is C29H38N2O6. The lowest BCUT2D eigenvalue weighted by atomic mass is 9.66. The number of likely N-dealkylation sites (tertiary alicyclic amines) is 1. The van der Waals surface area contributed by atoms with E-state index in [1.54, 1.807) is 17.1 Å². The molecule has 1 spiro atoms. The molecule has 2 bridgehead atoms. The summed E-state index contributed by atoms with van der Waals surface area (Å²) in [5.74, 6) is -2.86. The molecule has 8 nitrogen and oxygen atoms in total. The van der Waals surface area contributed by atoms with Crippen molar-refractivity contribution in [2.45, 2.75) is 69.4 Å². The Kier molecular flexibility index (Phi) is 7.62.